The maximum atomic E-state index is 12.4. The first-order valence-electron chi connectivity index (χ1n) is 8.22. The van der Waals surface area contributed by atoms with Crippen molar-refractivity contribution in [2.75, 3.05) is 13.2 Å². The number of thiazole rings is 1. The van der Waals surface area contributed by atoms with Crippen molar-refractivity contribution in [3.05, 3.63) is 34.0 Å². The average Bonchev–Trinajstić information content (AvgIpc) is 3.12. The lowest BCUT2D eigenvalue weighted by molar-refractivity contribution is -0.0612. The highest BCUT2D eigenvalue weighted by molar-refractivity contribution is 7.07. The maximum absolute atomic E-state index is 12.4. The van der Waals surface area contributed by atoms with E-state index >= 15 is 0 Å². The van der Waals surface area contributed by atoms with Gasteiger partial charge in [0.15, 0.2) is 0 Å². The molecule has 4 rings (SSSR count). The Bertz CT molecular complexity index is 683. The van der Waals surface area contributed by atoms with Gasteiger partial charge >= 0.3 is 0 Å². The molecule has 2 fully saturated rings. The molecule has 1 saturated carbocycles. The third-order valence-corrected chi connectivity index (χ3v) is 5.02. The van der Waals surface area contributed by atoms with Crippen LogP contribution in [0.1, 0.15) is 47.1 Å². The Kier molecular flexibility index (Phi) is 4.59. The van der Waals surface area contributed by atoms with Gasteiger partial charge in [-0.25, -0.2) is 4.98 Å². The van der Waals surface area contributed by atoms with Crippen molar-refractivity contribution in [2.45, 2.75) is 43.9 Å². The molecule has 8 heteroatoms. The van der Waals surface area contributed by atoms with E-state index in [0.717, 1.165) is 17.8 Å². The van der Waals surface area contributed by atoms with Crippen LogP contribution in [-0.2, 0) is 16.1 Å². The van der Waals surface area contributed by atoms with Crippen LogP contribution in [0.15, 0.2) is 17.0 Å². The molecule has 2 atom stereocenters. The lowest BCUT2D eigenvalue weighted by atomic mass is 10.1. The Morgan fingerprint density at radius 1 is 1.46 bits per heavy atom. The summed E-state index contributed by atoms with van der Waals surface area (Å²) < 4.78 is 11.5. The van der Waals surface area contributed by atoms with Crippen LogP contribution in [0.3, 0.4) is 0 Å². The van der Waals surface area contributed by atoms with E-state index in [1.165, 1.54) is 12.8 Å². The standard InChI is InChI=1S/C16H20N4O3S/c21-16(13-5-12(19-20-13)10-1-2-10)18-14-7-22-4-3-15(14)23-6-11-8-24-9-17-11/h5,8-10,14-15H,1-4,6-7H2,(H,18,21)(H,19,20)/t14-,15+/m1/s1. The van der Waals surface area contributed by atoms with E-state index in [0.29, 0.717) is 31.4 Å². The van der Waals surface area contributed by atoms with Crippen LogP contribution < -0.4 is 5.32 Å². The summed E-state index contributed by atoms with van der Waals surface area (Å²) >= 11 is 1.55. The fourth-order valence-electron chi connectivity index (χ4n) is 2.85. The van der Waals surface area contributed by atoms with Crippen molar-refractivity contribution >= 4 is 17.2 Å². The van der Waals surface area contributed by atoms with Crippen LogP contribution in [0.4, 0.5) is 0 Å². The maximum Gasteiger partial charge on any atom is 0.272 e. The number of amides is 1. The van der Waals surface area contributed by atoms with Gasteiger partial charge in [-0.15, -0.1) is 11.3 Å². The van der Waals surface area contributed by atoms with E-state index in [1.54, 1.807) is 16.8 Å². The highest BCUT2D eigenvalue weighted by Crippen LogP contribution is 2.38. The minimum Gasteiger partial charge on any atom is -0.379 e. The molecule has 0 aromatic carbocycles. The number of hydrogen-bond acceptors (Lipinski definition) is 6. The number of nitrogens with zero attached hydrogens (tertiary/aromatic N) is 2. The molecule has 0 bridgehead atoms. The summed E-state index contributed by atoms with van der Waals surface area (Å²) in [5.74, 6) is 0.363. The molecule has 0 spiro atoms. The fraction of sp³-hybridized carbons (Fsp3) is 0.562. The molecule has 1 aliphatic carbocycles. The Hall–Kier alpha value is -1.77. The van der Waals surface area contributed by atoms with Crippen LogP contribution in [0.2, 0.25) is 0 Å². The molecule has 0 radical (unpaired) electrons. The Morgan fingerprint density at radius 3 is 3.17 bits per heavy atom. The second-order valence-electron chi connectivity index (χ2n) is 6.26. The molecule has 0 unspecified atom stereocenters. The minimum absolute atomic E-state index is 0.0776. The minimum atomic E-state index is -0.184. The number of nitrogens with one attached hydrogen (secondary N) is 2. The second kappa shape index (κ2) is 7.00. The molecule has 24 heavy (non-hydrogen) atoms. The van der Waals surface area contributed by atoms with E-state index in [4.69, 9.17) is 9.47 Å². The zero-order valence-electron chi connectivity index (χ0n) is 13.2. The summed E-state index contributed by atoms with van der Waals surface area (Å²) in [6.07, 6.45) is 3.02. The largest absolute Gasteiger partial charge is 0.379 e. The van der Waals surface area contributed by atoms with E-state index in [-0.39, 0.29) is 18.1 Å². The van der Waals surface area contributed by atoms with Crippen molar-refractivity contribution in [3.63, 3.8) is 0 Å². The summed E-state index contributed by atoms with van der Waals surface area (Å²) in [5, 5.41) is 12.1. The molecule has 1 saturated heterocycles. The summed E-state index contributed by atoms with van der Waals surface area (Å²) in [7, 11) is 0. The molecule has 1 amide bonds. The van der Waals surface area contributed by atoms with E-state index < -0.39 is 0 Å². The summed E-state index contributed by atoms with van der Waals surface area (Å²) in [6.45, 7) is 1.55. The van der Waals surface area contributed by atoms with Gasteiger partial charge in [0.05, 0.1) is 36.6 Å². The van der Waals surface area contributed by atoms with Crippen LogP contribution >= 0.6 is 11.3 Å². The molecule has 2 aromatic rings. The molecule has 7 nitrogen and oxygen atoms in total. The Balaban J connectivity index is 1.35. The van der Waals surface area contributed by atoms with Crippen molar-refractivity contribution in [1.29, 1.82) is 0 Å². The second-order valence-corrected chi connectivity index (χ2v) is 6.97. The molecule has 2 aromatic heterocycles. The molecule has 3 heterocycles. The first-order valence-corrected chi connectivity index (χ1v) is 9.16. The summed E-state index contributed by atoms with van der Waals surface area (Å²) in [6, 6.07) is 1.67. The summed E-state index contributed by atoms with van der Waals surface area (Å²) in [5.41, 5.74) is 4.19. The SMILES string of the molecule is O=C(N[C@@H]1COCC[C@@H]1OCc1cscn1)c1cc(C2CC2)[nH]n1. The number of hydrogen-bond donors (Lipinski definition) is 2. The van der Waals surface area contributed by atoms with Gasteiger partial charge in [-0.05, 0) is 25.3 Å². The fourth-order valence-corrected chi connectivity index (χ4v) is 3.40. The lowest BCUT2D eigenvalue weighted by Gasteiger charge is -2.31. The smallest absolute Gasteiger partial charge is 0.272 e. The average molecular weight is 348 g/mol. The van der Waals surface area contributed by atoms with E-state index in [2.05, 4.69) is 20.5 Å². The van der Waals surface area contributed by atoms with Crippen LogP contribution in [-0.4, -0.2) is 46.4 Å². The summed E-state index contributed by atoms with van der Waals surface area (Å²) in [4.78, 5) is 16.7. The first kappa shape index (κ1) is 15.7. The van der Waals surface area contributed by atoms with Crippen molar-refractivity contribution < 1.29 is 14.3 Å². The number of H-pyrrole nitrogens is 1. The van der Waals surface area contributed by atoms with E-state index in [1.807, 2.05) is 11.4 Å². The van der Waals surface area contributed by atoms with Crippen LogP contribution in [0, 0.1) is 0 Å². The Morgan fingerprint density at radius 2 is 2.38 bits per heavy atom. The quantitative estimate of drug-likeness (QED) is 0.832. The van der Waals surface area contributed by atoms with Crippen molar-refractivity contribution in [2.24, 2.45) is 0 Å². The normalized spacial score (nSPS) is 24.0. The van der Waals surface area contributed by atoms with Gasteiger partial charge in [-0.3, -0.25) is 9.89 Å². The van der Waals surface area contributed by atoms with Gasteiger partial charge in [-0.1, -0.05) is 0 Å². The topological polar surface area (TPSA) is 89.1 Å². The van der Waals surface area contributed by atoms with Crippen LogP contribution in [0.5, 0.6) is 0 Å². The number of ether oxygens (including phenoxy) is 2. The lowest BCUT2D eigenvalue weighted by Crippen LogP contribution is -2.50. The van der Waals surface area contributed by atoms with Gasteiger partial charge in [0.1, 0.15) is 5.69 Å². The number of carbonyl (C=O) groups is 1. The zero-order chi connectivity index (χ0) is 16.4. The molecule has 2 N–H and O–H groups in total. The molecular weight excluding hydrogens is 328 g/mol. The van der Waals surface area contributed by atoms with Gasteiger partial charge < -0.3 is 14.8 Å². The molecule has 1 aliphatic heterocycles. The molecular formula is C16H20N4O3S. The molecule has 2 aliphatic rings. The number of aromatic amines is 1. The monoisotopic (exact) mass is 348 g/mol. The predicted octanol–water partition coefficient (Wildman–Crippen LogP) is 1.85. The highest BCUT2D eigenvalue weighted by Gasteiger charge is 2.30. The van der Waals surface area contributed by atoms with Gasteiger partial charge in [0.2, 0.25) is 0 Å². The van der Waals surface area contributed by atoms with Gasteiger partial charge in [0.25, 0.3) is 5.91 Å². The molecule has 128 valence electrons. The first-order chi connectivity index (χ1) is 11.8. The van der Waals surface area contributed by atoms with Crippen molar-refractivity contribution in [1.82, 2.24) is 20.5 Å². The van der Waals surface area contributed by atoms with E-state index in [9.17, 15) is 4.79 Å². The van der Waals surface area contributed by atoms with Gasteiger partial charge in [-0.2, -0.15) is 5.10 Å². The number of aromatic nitrogens is 3. The number of carbonyl (C=O) groups excluding carboxylic acids is 1. The Labute approximate surface area is 143 Å². The third-order valence-electron chi connectivity index (χ3n) is 4.39. The zero-order valence-corrected chi connectivity index (χ0v) is 14.1. The van der Waals surface area contributed by atoms with Crippen molar-refractivity contribution in [3.8, 4) is 0 Å². The van der Waals surface area contributed by atoms with Gasteiger partial charge in [0, 0.05) is 23.6 Å². The predicted molar refractivity (Wildman–Crippen MR) is 87.9 cm³/mol. The van der Waals surface area contributed by atoms with Crippen LogP contribution in [0.25, 0.3) is 0 Å². The third kappa shape index (κ3) is 3.66. The number of rotatable bonds is 6. The highest BCUT2D eigenvalue weighted by atomic mass is 32.1.